The summed E-state index contributed by atoms with van der Waals surface area (Å²) in [4.78, 5) is 18.7. The molecule has 2 bridgehead atoms. The van der Waals surface area contributed by atoms with Crippen molar-refractivity contribution in [3.05, 3.63) is 42.2 Å². The fourth-order valence-corrected chi connectivity index (χ4v) is 8.30. The summed E-state index contributed by atoms with van der Waals surface area (Å²) in [5.41, 5.74) is 0.163. The number of aromatic hydroxyl groups is 1. The molecule has 9 rings (SSSR count). The Labute approximate surface area is 246 Å². The van der Waals surface area contributed by atoms with Crippen LogP contribution in [-0.4, -0.2) is 87.6 Å². The van der Waals surface area contributed by atoms with Gasteiger partial charge in [-0.3, -0.25) is 4.90 Å². The number of phenols is 1. The van der Waals surface area contributed by atoms with Gasteiger partial charge in [0.25, 0.3) is 0 Å². The number of nitrogens with zero attached hydrogens (tertiary/aromatic N) is 5. The van der Waals surface area contributed by atoms with Gasteiger partial charge in [0.1, 0.15) is 47.5 Å². The van der Waals surface area contributed by atoms with Gasteiger partial charge in [-0.2, -0.15) is 9.97 Å². The molecule has 0 spiro atoms. The summed E-state index contributed by atoms with van der Waals surface area (Å²) in [5, 5.41) is 16.2. The number of pyridine rings is 1. The van der Waals surface area contributed by atoms with E-state index in [0.29, 0.717) is 48.9 Å². The topological polar surface area (TPSA) is 95.9 Å². The number of aromatic nitrogens is 3. The Balaban J connectivity index is 1.22. The van der Waals surface area contributed by atoms with E-state index in [1.165, 1.54) is 6.07 Å². The molecule has 4 fully saturated rings. The van der Waals surface area contributed by atoms with Gasteiger partial charge in [-0.1, -0.05) is 24.3 Å². The third-order valence-corrected chi connectivity index (χ3v) is 10.3. The molecule has 1 unspecified atom stereocenters. The number of alkyl halides is 1. The zero-order valence-corrected chi connectivity index (χ0v) is 23.6. The second kappa shape index (κ2) is 9.33. The number of ether oxygens (including phenoxy) is 2. The fraction of sp³-hybridized carbons (Fsp3) is 0.469. The first kappa shape index (κ1) is 25.6. The van der Waals surface area contributed by atoms with Crippen molar-refractivity contribution >= 4 is 27.5 Å². The highest BCUT2D eigenvalue weighted by Crippen LogP contribution is 2.45. The van der Waals surface area contributed by atoms with Crippen molar-refractivity contribution in [2.24, 2.45) is 0 Å². The maximum atomic E-state index is 16.8. The molecule has 0 radical (unpaired) electrons. The largest absolute Gasteiger partial charge is 0.508 e. The minimum Gasteiger partial charge on any atom is -0.508 e. The molecule has 0 amide bonds. The number of phenolic OH excluding ortho intramolecular Hbond substituents is 1. The Morgan fingerprint density at radius 2 is 2.05 bits per heavy atom. The number of fused-ring (bicyclic) bond motifs is 7. The maximum absolute atomic E-state index is 16.8. The van der Waals surface area contributed by atoms with E-state index in [2.05, 4.69) is 20.1 Å². The van der Waals surface area contributed by atoms with Gasteiger partial charge in [0.05, 0.1) is 11.6 Å². The molecule has 2 aromatic carbocycles. The molecule has 0 aliphatic carbocycles. The zero-order chi connectivity index (χ0) is 28.9. The molecule has 5 atom stereocenters. The van der Waals surface area contributed by atoms with Crippen molar-refractivity contribution in [2.75, 3.05) is 37.7 Å². The number of piperazine rings is 1. The number of rotatable bonds is 4. The van der Waals surface area contributed by atoms with Gasteiger partial charge < -0.3 is 24.8 Å². The van der Waals surface area contributed by atoms with Crippen LogP contribution in [-0.2, 0) is 0 Å². The molecule has 4 saturated heterocycles. The third-order valence-electron chi connectivity index (χ3n) is 10.3. The number of benzene rings is 2. The van der Waals surface area contributed by atoms with Crippen LogP contribution in [0.5, 0.6) is 17.6 Å². The highest BCUT2D eigenvalue weighted by Gasteiger charge is 2.50. The van der Waals surface area contributed by atoms with Gasteiger partial charge in [-0.05, 0) is 55.1 Å². The van der Waals surface area contributed by atoms with Crippen LogP contribution in [0.15, 0.2) is 36.4 Å². The zero-order valence-electron chi connectivity index (χ0n) is 23.6. The van der Waals surface area contributed by atoms with Crippen LogP contribution in [0.4, 0.5) is 14.6 Å². The van der Waals surface area contributed by atoms with Crippen molar-refractivity contribution in [3.8, 4) is 28.9 Å². The van der Waals surface area contributed by atoms with E-state index >= 15 is 4.39 Å². The predicted octanol–water partition coefficient (Wildman–Crippen LogP) is 4.35. The molecule has 9 nitrogen and oxygen atoms in total. The number of hydrogen-bond donors (Lipinski definition) is 2. The molecule has 7 heterocycles. The summed E-state index contributed by atoms with van der Waals surface area (Å²) in [6, 6.07) is 11.2. The molecule has 43 heavy (non-hydrogen) atoms. The summed E-state index contributed by atoms with van der Waals surface area (Å²) in [5.74, 6) is 0.206. The molecule has 5 aliphatic rings. The molecular weight excluding hydrogens is 554 g/mol. The van der Waals surface area contributed by atoms with Crippen molar-refractivity contribution in [3.63, 3.8) is 0 Å². The lowest BCUT2D eigenvalue weighted by molar-refractivity contribution is 0.107. The lowest BCUT2D eigenvalue weighted by atomic mass is 9.95. The fourth-order valence-electron chi connectivity index (χ4n) is 8.30. The number of anilines is 1. The monoisotopic (exact) mass is 586 g/mol. The summed E-state index contributed by atoms with van der Waals surface area (Å²) < 4.78 is 43.9. The van der Waals surface area contributed by atoms with Gasteiger partial charge in [-0.25, -0.2) is 13.8 Å². The molecule has 2 N–H and O–H groups in total. The number of halogens is 2. The number of hydrogen-bond acceptors (Lipinski definition) is 9. The van der Waals surface area contributed by atoms with E-state index in [0.717, 1.165) is 43.0 Å². The van der Waals surface area contributed by atoms with Crippen molar-refractivity contribution < 1.29 is 23.4 Å². The van der Waals surface area contributed by atoms with Gasteiger partial charge in [0, 0.05) is 37.2 Å². The minimum absolute atomic E-state index is 0.0107. The van der Waals surface area contributed by atoms with Crippen molar-refractivity contribution in [2.45, 2.75) is 61.9 Å². The lowest BCUT2D eigenvalue weighted by Gasteiger charge is -2.40. The first-order valence-corrected chi connectivity index (χ1v) is 15.3. The van der Waals surface area contributed by atoms with Gasteiger partial charge in [0.2, 0.25) is 5.88 Å². The summed E-state index contributed by atoms with van der Waals surface area (Å²) in [6.07, 6.45) is 3.46. The van der Waals surface area contributed by atoms with Crippen LogP contribution in [0.2, 0.25) is 0 Å². The highest BCUT2D eigenvalue weighted by atomic mass is 19.1. The quantitative estimate of drug-likeness (QED) is 0.362. The second-order valence-electron chi connectivity index (χ2n) is 12.8. The first-order chi connectivity index (χ1) is 21.0. The molecule has 11 heteroatoms. The minimum atomic E-state index is -0.883. The Kier molecular flexibility index (Phi) is 5.57. The highest BCUT2D eigenvalue weighted by molar-refractivity contribution is 6.02. The average molecular weight is 587 g/mol. The van der Waals surface area contributed by atoms with Crippen LogP contribution in [0, 0.1) is 5.82 Å². The van der Waals surface area contributed by atoms with Gasteiger partial charge >= 0.3 is 6.01 Å². The predicted molar refractivity (Wildman–Crippen MR) is 157 cm³/mol. The van der Waals surface area contributed by atoms with E-state index in [9.17, 15) is 9.50 Å². The molecule has 4 aromatic rings. The third kappa shape index (κ3) is 3.90. The van der Waals surface area contributed by atoms with Crippen LogP contribution in [0.25, 0.3) is 32.9 Å². The van der Waals surface area contributed by atoms with Crippen LogP contribution >= 0.6 is 0 Å². The van der Waals surface area contributed by atoms with Crippen molar-refractivity contribution in [1.82, 2.24) is 25.2 Å². The first-order valence-electron chi connectivity index (χ1n) is 15.3. The molecule has 5 aliphatic heterocycles. The standard InChI is InChI=1S/C32H32F2N6O3/c33-18-12-32(8-3-9-39(32)13-18)16-43-31-37-28-25-29(38-31)40-14-19-6-7-23(35-19)24(40)15-42-30(25)36-27(26(28)34)22-11-20(41)10-17-4-1-2-5-21(17)22/h1-2,4-5,10-11,18-19,23-24,35,41H,3,6-9,12-16H2/t18-,19?,23-,24+,32+/m1/s1. The summed E-state index contributed by atoms with van der Waals surface area (Å²) in [7, 11) is 0. The van der Waals surface area contributed by atoms with Gasteiger partial charge in [-0.15, -0.1) is 0 Å². The Hall–Kier alpha value is -3.83. The molecule has 0 saturated carbocycles. The second-order valence-corrected chi connectivity index (χ2v) is 12.8. The molecule has 2 aromatic heterocycles. The Morgan fingerprint density at radius 3 is 2.98 bits per heavy atom. The van der Waals surface area contributed by atoms with E-state index in [1.807, 2.05) is 24.3 Å². The van der Waals surface area contributed by atoms with E-state index in [4.69, 9.17) is 19.4 Å². The Bertz CT molecular complexity index is 1790. The smallest absolute Gasteiger partial charge is 0.319 e. The Morgan fingerprint density at radius 1 is 1.14 bits per heavy atom. The maximum Gasteiger partial charge on any atom is 0.319 e. The summed E-state index contributed by atoms with van der Waals surface area (Å²) in [6.45, 7) is 2.58. The van der Waals surface area contributed by atoms with E-state index in [1.54, 1.807) is 6.07 Å². The lowest BCUT2D eigenvalue weighted by Crippen LogP contribution is -2.60. The average Bonchev–Trinajstić information content (AvgIpc) is 3.64. The number of nitrogens with one attached hydrogen (secondary N) is 1. The van der Waals surface area contributed by atoms with Crippen LogP contribution in [0.1, 0.15) is 32.1 Å². The molecular formula is C32H32F2N6O3. The van der Waals surface area contributed by atoms with E-state index < -0.39 is 12.0 Å². The van der Waals surface area contributed by atoms with Crippen LogP contribution < -0.4 is 19.7 Å². The van der Waals surface area contributed by atoms with Crippen molar-refractivity contribution in [1.29, 1.82) is 0 Å². The molecule has 222 valence electrons. The summed E-state index contributed by atoms with van der Waals surface area (Å²) >= 11 is 0. The van der Waals surface area contributed by atoms with Crippen LogP contribution in [0.3, 0.4) is 0 Å². The van der Waals surface area contributed by atoms with E-state index in [-0.39, 0.29) is 53.1 Å². The SMILES string of the molecule is Oc1cc(-c2nc3c4c(nc(OC[C@@]56CCCN5C[C@H](F)C6)nc4c2F)N2CC4CC[C@@H](N4)[C@@H]2CO3)c2ccccc2c1. The van der Waals surface area contributed by atoms with Gasteiger partial charge in [0.15, 0.2) is 5.82 Å². The normalized spacial score (nSPS) is 29.5.